The number of oxime groups is 1. The van der Waals surface area contributed by atoms with Crippen LogP contribution in [0, 0.1) is 5.92 Å². The van der Waals surface area contributed by atoms with Crippen molar-refractivity contribution in [2.45, 2.75) is 32.2 Å². The molecule has 2 aliphatic rings. The van der Waals surface area contributed by atoms with E-state index < -0.39 is 5.92 Å². The molecule has 0 saturated carbocycles. The molecular formula is C12H20N4O3. The first-order valence-electron chi connectivity index (χ1n) is 6.64. The molecule has 0 aromatic carbocycles. The van der Waals surface area contributed by atoms with Crippen molar-refractivity contribution in [3.63, 3.8) is 0 Å². The normalized spacial score (nSPS) is 25.4. The first kappa shape index (κ1) is 13.6. The summed E-state index contributed by atoms with van der Waals surface area (Å²) in [5.41, 5.74) is 5.55. The Kier molecular flexibility index (Phi) is 3.92. The van der Waals surface area contributed by atoms with Crippen molar-refractivity contribution >= 4 is 17.6 Å². The average molecular weight is 268 g/mol. The summed E-state index contributed by atoms with van der Waals surface area (Å²) in [7, 11) is 0. The number of fused-ring (bicyclic) bond motifs is 1. The van der Waals surface area contributed by atoms with Crippen LogP contribution in [0.5, 0.6) is 0 Å². The number of carbonyl (C=O) groups excluding carboxylic acids is 2. The van der Waals surface area contributed by atoms with Gasteiger partial charge in [-0.3, -0.25) is 9.59 Å². The Morgan fingerprint density at radius 2 is 2.32 bits per heavy atom. The minimum absolute atomic E-state index is 0.0440. The fourth-order valence-electron chi connectivity index (χ4n) is 2.86. The molecule has 19 heavy (non-hydrogen) atoms. The highest BCUT2D eigenvalue weighted by atomic mass is 16.4. The van der Waals surface area contributed by atoms with E-state index in [1.807, 2.05) is 11.8 Å². The number of carbonyl (C=O) groups is 2. The van der Waals surface area contributed by atoms with Crippen LogP contribution in [0.15, 0.2) is 5.16 Å². The second kappa shape index (κ2) is 5.46. The van der Waals surface area contributed by atoms with Crippen LogP contribution in [-0.2, 0) is 9.59 Å². The van der Waals surface area contributed by atoms with E-state index in [0.29, 0.717) is 32.5 Å². The van der Waals surface area contributed by atoms with Crippen LogP contribution in [0.4, 0.5) is 0 Å². The molecular weight excluding hydrogens is 248 g/mol. The first-order chi connectivity index (χ1) is 9.08. The SMILES string of the molecule is CCC(C(=O)N1CCN2C(=O)CCC2C1)C(N)=NO. The summed E-state index contributed by atoms with van der Waals surface area (Å²) in [6, 6.07) is 0.134. The van der Waals surface area contributed by atoms with Crippen molar-refractivity contribution in [3.05, 3.63) is 0 Å². The lowest BCUT2D eigenvalue weighted by Gasteiger charge is -2.38. The van der Waals surface area contributed by atoms with Gasteiger partial charge in [0.2, 0.25) is 11.8 Å². The number of nitrogens with two attached hydrogens (primary N) is 1. The van der Waals surface area contributed by atoms with Crippen molar-refractivity contribution in [1.82, 2.24) is 9.80 Å². The van der Waals surface area contributed by atoms with Crippen LogP contribution in [-0.4, -0.2) is 58.3 Å². The van der Waals surface area contributed by atoms with Gasteiger partial charge in [-0.15, -0.1) is 0 Å². The predicted octanol–water partition coefficient (Wildman–Crippen LogP) is -0.408. The van der Waals surface area contributed by atoms with E-state index in [-0.39, 0.29) is 23.7 Å². The molecule has 0 radical (unpaired) electrons. The number of piperazine rings is 1. The fraction of sp³-hybridized carbons (Fsp3) is 0.750. The summed E-state index contributed by atoms with van der Waals surface area (Å²) < 4.78 is 0. The molecule has 2 heterocycles. The monoisotopic (exact) mass is 268 g/mol. The zero-order valence-electron chi connectivity index (χ0n) is 11.1. The van der Waals surface area contributed by atoms with Gasteiger partial charge in [0.25, 0.3) is 0 Å². The van der Waals surface area contributed by atoms with Gasteiger partial charge in [0, 0.05) is 32.1 Å². The topological polar surface area (TPSA) is 99.2 Å². The number of nitrogens with zero attached hydrogens (tertiary/aromatic N) is 3. The summed E-state index contributed by atoms with van der Waals surface area (Å²) in [5.74, 6) is -0.552. The Hall–Kier alpha value is -1.79. The molecule has 2 amide bonds. The quantitative estimate of drug-likeness (QED) is 0.314. The van der Waals surface area contributed by atoms with Crippen LogP contribution >= 0.6 is 0 Å². The van der Waals surface area contributed by atoms with Crippen LogP contribution in [0.2, 0.25) is 0 Å². The molecule has 0 aliphatic carbocycles. The maximum atomic E-state index is 12.4. The zero-order chi connectivity index (χ0) is 14.0. The lowest BCUT2D eigenvalue weighted by Crippen LogP contribution is -2.55. The van der Waals surface area contributed by atoms with Gasteiger partial charge in [-0.25, -0.2) is 0 Å². The van der Waals surface area contributed by atoms with E-state index in [4.69, 9.17) is 10.9 Å². The van der Waals surface area contributed by atoms with Crippen LogP contribution in [0.1, 0.15) is 26.2 Å². The molecule has 0 aromatic heterocycles. The zero-order valence-corrected chi connectivity index (χ0v) is 11.1. The predicted molar refractivity (Wildman–Crippen MR) is 68.5 cm³/mol. The number of hydrogen-bond donors (Lipinski definition) is 2. The number of hydrogen-bond acceptors (Lipinski definition) is 4. The second-order valence-corrected chi connectivity index (χ2v) is 5.05. The van der Waals surface area contributed by atoms with Crippen molar-refractivity contribution < 1.29 is 14.8 Å². The number of amidine groups is 1. The fourth-order valence-corrected chi connectivity index (χ4v) is 2.86. The van der Waals surface area contributed by atoms with Crippen molar-refractivity contribution in [2.24, 2.45) is 16.8 Å². The summed E-state index contributed by atoms with van der Waals surface area (Å²) in [6.07, 6.45) is 1.88. The maximum Gasteiger partial charge on any atom is 0.233 e. The van der Waals surface area contributed by atoms with Gasteiger partial charge in [-0.2, -0.15) is 0 Å². The smallest absolute Gasteiger partial charge is 0.233 e. The third-order valence-electron chi connectivity index (χ3n) is 3.99. The van der Waals surface area contributed by atoms with E-state index in [0.717, 1.165) is 6.42 Å². The highest BCUT2D eigenvalue weighted by Gasteiger charge is 2.38. The molecule has 3 N–H and O–H groups in total. The summed E-state index contributed by atoms with van der Waals surface area (Å²) in [4.78, 5) is 27.5. The third kappa shape index (κ3) is 2.50. The highest BCUT2D eigenvalue weighted by Crippen LogP contribution is 2.24. The molecule has 2 rings (SSSR count). The van der Waals surface area contributed by atoms with E-state index in [1.165, 1.54) is 0 Å². The van der Waals surface area contributed by atoms with Crippen molar-refractivity contribution in [2.75, 3.05) is 19.6 Å². The number of amides is 2. The molecule has 2 aliphatic heterocycles. The highest BCUT2D eigenvalue weighted by molar-refractivity contribution is 6.02. The molecule has 0 aromatic rings. The van der Waals surface area contributed by atoms with Gasteiger partial charge in [0.15, 0.2) is 5.84 Å². The maximum absolute atomic E-state index is 12.4. The molecule has 0 bridgehead atoms. The molecule has 7 nitrogen and oxygen atoms in total. The minimum atomic E-state index is -0.575. The van der Waals surface area contributed by atoms with Gasteiger partial charge < -0.3 is 20.7 Å². The van der Waals surface area contributed by atoms with E-state index >= 15 is 0 Å². The molecule has 2 fully saturated rings. The molecule has 2 saturated heterocycles. The van der Waals surface area contributed by atoms with Crippen LogP contribution in [0.3, 0.4) is 0 Å². The number of rotatable bonds is 3. The molecule has 2 atom stereocenters. The van der Waals surface area contributed by atoms with Gasteiger partial charge in [0.1, 0.15) is 0 Å². The Labute approximate surface area is 112 Å². The summed E-state index contributed by atoms with van der Waals surface area (Å²) in [6.45, 7) is 3.49. The van der Waals surface area contributed by atoms with Crippen molar-refractivity contribution in [1.29, 1.82) is 0 Å². The Balaban J connectivity index is 2.03. The van der Waals surface area contributed by atoms with E-state index in [9.17, 15) is 9.59 Å². The largest absolute Gasteiger partial charge is 0.409 e. The summed E-state index contributed by atoms with van der Waals surface area (Å²) in [5, 5.41) is 11.6. The Morgan fingerprint density at radius 3 is 2.95 bits per heavy atom. The molecule has 0 spiro atoms. The Bertz CT molecular complexity index is 410. The molecule has 2 unspecified atom stereocenters. The lowest BCUT2D eigenvalue weighted by atomic mass is 10.0. The van der Waals surface area contributed by atoms with Crippen molar-refractivity contribution in [3.8, 4) is 0 Å². The molecule has 106 valence electrons. The van der Waals surface area contributed by atoms with Crippen LogP contribution in [0.25, 0.3) is 0 Å². The lowest BCUT2D eigenvalue weighted by molar-refractivity contribution is -0.140. The van der Waals surface area contributed by atoms with E-state index in [1.54, 1.807) is 4.90 Å². The van der Waals surface area contributed by atoms with Gasteiger partial charge in [-0.1, -0.05) is 12.1 Å². The summed E-state index contributed by atoms with van der Waals surface area (Å²) >= 11 is 0. The second-order valence-electron chi connectivity index (χ2n) is 5.05. The minimum Gasteiger partial charge on any atom is -0.409 e. The first-order valence-corrected chi connectivity index (χ1v) is 6.64. The standard InChI is InChI=1S/C12H20N4O3/c1-2-9(11(13)14-19)12(18)15-5-6-16-8(7-15)3-4-10(16)17/h8-9,19H,2-7H2,1H3,(H2,13,14). The van der Waals surface area contributed by atoms with Gasteiger partial charge in [0.05, 0.1) is 5.92 Å². The van der Waals surface area contributed by atoms with Crippen LogP contribution < -0.4 is 5.73 Å². The van der Waals surface area contributed by atoms with Gasteiger partial charge in [-0.05, 0) is 12.8 Å². The third-order valence-corrected chi connectivity index (χ3v) is 3.99. The average Bonchev–Trinajstić information content (AvgIpc) is 2.80. The van der Waals surface area contributed by atoms with Gasteiger partial charge >= 0.3 is 0 Å². The van der Waals surface area contributed by atoms with E-state index in [2.05, 4.69) is 5.16 Å². The Morgan fingerprint density at radius 1 is 1.58 bits per heavy atom. The molecule has 7 heteroatoms.